The first-order valence-corrected chi connectivity index (χ1v) is 9.27. The number of benzene rings is 1. The van der Waals surface area contributed by atoms with E-state index < -0.39 is 0 Å². The fraction of sp³-hybridized carbons (Fsp3) is 0.526. The van der Waals surface area contributed by atoms with Gasteiger partial charge in [0.1, 0.15) is 30.0 Å². The van der Waals surface area contributed by atoms with E-state index in [1.807, 2.05) is 25.5 Å². The molecule has 154 valence electrons. The molecule has 2 aromatic rings. The zero-order valence-electron chi connectivity index (χ0n) is 16.9. The summed E-state index contributed by atoms with van der Waals surface area (Å²) in [6, 6.07) is 5.98. The molecule has 1 aromatic heterocycles. The minimum Gasteiger partial charge on any atom is -0.489 e. The minimum absolute atomic E-state index is 0.131. The number of methoxy groups -OCH3 is 1. The highest BCUT2D eigenvalue weighted by atomic mass is 19.1. The lowest BCUT2D eigenvalue weighted by Crippen LogP contribution is -2.42. The second kappa shape index (κ2) is 11.2. The highest BCUT2D eigenvalue weighted by Crippen LogP contribution is 2.12. The first-order chi connectivity index (χ1) is 13.5. The quantitative estimate of drug-likeness (QED) is 0.364. The Morgan fingerprint density at radius 2 is 2.00 bits per heavy atom. The van der Waals surface area contributed by atoms with Crippen molar-refractivity contribution >= 4 is 5.96 Å². The highest BCUT2D eigenvalue weighted by molar-refractivity contribution is 5.79. The van der Waals surface area contributed by atoms with Crippen molar-refractivity contribution in [3.63, 3.8) is 0 Å². The van der Waals surface area contributed by atoms with E-state index in [4.69, 9.17) is 9.47 Å². The van der Waals surface area contributed by atoms with Gasteiger partial charge in [-0.2, -0.15) is 0 Å². The Labute approximate surface area is 165 Å². The maximum atomic E-state index is 13.0. The Balaban J connectivity index is 1.90. The van der Waals surface area contributed by atoms with Crippen molar-refractivity contribution in [2.45, 2.75) is 32.9 Å². The third kappa shape index (κ3) is 7.15. The van der Waals surface area contributed by atoms with Gasteiger partial charge in [-0.1, -0.05) is 0 Å². The third-order valence-corrected chi connectivity index (χ3v) is 4.09. The van der Waals surface area contributed by atoms with Crippen LogP contribution in [0.4, 0.5) is 4.39 Å². The molecule has 1 heterocycles. The molecule has 0 amide bonds. The number of aryl methyl sites for hydroxylation is 1. The van der Waals surface area contributed by atoms with Gasteiger partial charge in [-0.15, -0.1) is 10.2 Å². The summed E-state index contributed by atoms with van der Waals surface area (Å²) in [6.45, 7) is 6.18. The van der Waals surface area contributed by atoms with Gasteiger partial charge in [-0.05, 0) is 44.5 Å². The van der Waals surface area contributed by atoms with Crippen LogP contribution in [0.25, 0.3) is 0 Å². The normalized spacial score (nSPS) is 12.7. The van der Waals surface area contributed by atoms with E-state index in [2.05, 4.69) is 25.8 Å². The lowest BCUT2D eigenvalue weighted by atomic mass is 10.3. The van der Waals surface area contributed by atoms with E-state index in [0.29, 0.717) is 31.4 Å². The maximum absolute atomic E-state index is 13.0. The Kier molecular flexibility index (Phi) is 8.67. The lowest BCUT2D eigenvalue weighted by Gasteiger charge is -2.18. The second-order valence-corrected chi connectivity index (χ2v) is 6.42. The number of aliphatic imine (C=N–C) groups is 1. The summed E-state index contributed by atoms with van der Waals surface area (Å²) in [7, 11) is 3.59. The molecule has 0 aliphatic rings. The summed E-state index contributed by atoms with van der Waals surface area (Å²) in [5.74, 6) is 2.62. The number of hydrogen-bond donors (Lipinski definition) is 2. The van der Waals surface area contributed by atoms with Crippen LogP contribution >= 0.6 is 0 Å². The van der Waals surface area contributed by atoms with Crippen LogP contribution in [0.15, 0.2) is 29.3 Å². The van der Waals surface area contributed by atoms with Crippen molar-refractivity contribution in [3.05, 3.63) is 41.7 Å². The molecular weight excluding hydrogens is 363 g/mol. The van der Waals surface area contributed by atoms with Gasteiger partial charge in [0.15, 0.2) is 11.8 Å². The van der Waals surface area contributed by atoms with Crippen LogP contribution in [0.2, 0.25) is 0 Å². The molecule has 0 saturated carbocycles. The van der Waals surface area contributed by atoms with Crippen molar-refractivity contribution < 1.29 is 13.9 Å². The monoisotopic (exact) mass is 392 g/mol. The van der Waals surface area contributed by atoms with E-state index in [1.54, 1.807) is 19.2 Å². The van der Waals surface area contributed by atoms with Crippen LogP contribution in [0.3, 0.4) is 0 Å². The molecule has 9 heteroatoms. The van der Waals surface area contributed by atoms with Crippen molar-refractivity contribution in [2.24, 2.45) is 12.0 Å². The van der Waals surface area contributed by atoms with Gasteiger partial charge in [0.2, 0.25) is 0 Å². The fourth-order valence-corrected chi connectivity index (χ4v) is 2.36. The average molecular weight is 392 g/mol. The SMILES string of the molecule is COCCCNC(=NCc1nnc(C)n1C)NCC(C)Oc1ccc(F)cc1. The van der Waals surface area contributed by atoms with E-state index in [1.165, 1.54) is 12.1 Å². The van der Waals surface area contributed by atoms with Crippen molar-refractivity contribution in [3.8, 4) is 5.75 Å². The number of rotatable bonds is 10. The molecule has 8 nitrogen and oxygen atoms in total. The molecular formula is C19H29FN6O2. The number of guanidine groups is 1. The average Bonchev–Trinajstić information content (AvgIpc) is 3.00. The predicted octanol–water partition coefficient (Wildman–Crippen LogP) is 1.80. The molecule has 0 bridgehead atoms. The van der Waals surface area contributed by atoms with Gasteiger partial charge >= 0.3 is 0 Å². The van der Waals surface area contributed by atoms with Crippen LogP contribution in [0.1, 0.15) is 25.0 Å². The van der Waals surface area contributed by atoms with E-state index in [0.717, 1.165) is 24.6 Å². The van der Waals surface area contributed by atoms with Crippen molar-refractivity contribution in [1.82, 2.24) is 25.4 Å². The van der Waals surface area contributed by atoms with Crippen molar-refractivity contribution in [1.29, 1.82) is 0 Å². The van der Waals surface area contributed by atoms with Crippen LogP contribution in [-0.2, 0) is 18.3 Å². The summed E-state index contributed by atoms with van der Waals surface area (Å²) >= 11 is 0. The standard InChI is InChI=1S/C19H29FN6O2/c1-14(28-17-8-6-16(20)7-9-17)12-22-19(21-10-5-11-27-4)23-13-18-25-24-15(2)26(18)3/h6-9,14H,5,10-13H2,1-4H3,(H2,21,22,23). The molecule has 0 aliphatic carbocycles. The smallest absolute Gasteiger partial charge is 0.191 e. The molecule has 0 radical (unpaired) electrons. The fourth-order valence-electron chi connectivity index (χ4n) is 2.36. The molecule has 0 spiro atoms. The summed E-state index contributed by atoms with van der Waals surface area (Å²) in [5, 5.41) is 14.7. The van der Waals surface area contributed by atoms with Gasteiger partial charge < -0.3 is 24.7 Å². The van der Waals surface area contributed by atoms with E-state index in [-0.39, 0.29) is 11.9 Å². The van der Waals surface area contributed by atoms with Gasteiger partial charge in [-0.3, -0.25) is 0 Å². The van der Waals surface area contributed by atoms with Gasteiger partial charge in [0.25, 0.3) is 0 Å². The molecule has 1 unspecified atom stereocenters. The molecule has 1 aromatic carbocycles. The zero-order chi connectivity index (χ0) is 20.4. The van der Waals surface area contributed by atoms with Crippen LogP contribution in [-0.4, -0.2) is 53.6 Å². The number of ether oxygens (including phenoxy) is 2. The number of nitrogens with one attached hydrogen (secondary N) is 2. The second-order valence-electron chi connectivity index (χ2n) is 6.42. The summed E-state index contributed by atoms with van der Waals surface area (Å²) in [6.07, 6.45) is 0.732. The lowest BCUT2D eigenvalue weighted by molar-refractivity contribution is 0.195. The first kappa shape index (κ1) is 21.6. The Bertz CT molecular complexity index is 747. The molecule has 1 atom stereocenters. The number of aromatic nitrogens is 3. The summed E-state index contributed by atoms with van der Waals surface area (Å²) < 4.78 is 25.8. The molecule has 28 heavy (non-hydrogen) atoms. The molecule has 0 aliphatic heterocycles. The number of hydrogen-bond acceptors (Lipinski definition) is 5. The number of halogens is 1. The van der Waals surface area contributed by atoms with Gasteiger partial charge in [0, 0.05) is 27.3 Å². The summed E-state index contributed by atoms with van der Waals surface area (Å²) in [5.41, 5.74) is 0. The topological polar surface area (TPSA) is 85.6 Å². The molecule has 2 N–H and O–H groups in total. The largest absolute Gasteiger partial charge is 0.489 e. The Morgan fingerprint density at radius 1 is 1.25 bits per heavy atom. The zero-order valence-corrected chi connectivity index (χ0v) is 16.9. The first-order valence-electron chi connectivity index (χ1n) is 9.27. The predicted molar refractivity (Wildman–Crippen MR) is 106 cm³/mol. The third-order valence-electron chi connectivity index (χ3n) is 4.09. The highest BCUT2D eigenvalue weighted by Gasteiger charge is 2.08. The van der Waals surface area contributed by atoms with Crippen molar-refractivity contribution in [2.75, 3.05) is 26.8 Å². The Morgan fingerprint density at radius 3 is 2.64 bits per heavy atom. The van der Waals surface area contributed by atoms with Gasteiger partial charge in [0.05, 0.1) is 6.54 Å². The van der Waals surface area contributed by atoms with Crippen LogP contribution in [0, 0.1) is 12.7 Å². The maximum Gasteiger partial charge on any atom is 0.191 e. The van der Waals surface area contributed by atoms with Crippen LogP contribution in [0.5, 0.6) is 5.75 Å². The van der Waals surface area contributed by atoms with Crippen LogP contribution < -0.4 is 15.4 Å². The number of nitrogens with zero attached hydrogens (tertiary/aromatic N) is 4. The minimum atomic E-state index is -0.285. The van der Waals surface area contributed by atoms with E-state index >= 15 is 0 Å². The van der Waals surface area contributed by atoms with E-state index in [9.17, 15) is 4.39 Å². The molecule has 0 saturated heterocycles. The molecule has 2 rings (SSSR count). The van der Waals surface area contributed by atoms with Gasteiger partial charge in [-0.25, -0.2) is 9.38 Å². The summed E-state index contributed by atoms with van der Waals surface area (Å²) in [4.78, 5) is 4.58. The molecule has 0 fully saturated rings. The Hall–Kier alpha value is -2.68.